The summed E-state index contributed by atoms with van der Waals surface area (Å²) in [5.74, 6) is -1.93. The zero-order valence-electron chi connectivity index (χ0n) is 24.4. The minimum atomic E-state index is -0.979. The molecule has 0 spiro atoms. The molecule has 2 atom stereocenters. The molecule has 0 aromatic heterocycles. The summed E-state index contributed by atoms with van der Waals surface area (Å²) in [5.41, 5.74) is -1.23. The van der Waals surface area contributed by atoms with Crippen molar-refractivity contribution >= 4 is 51.1 Å². The van der Waals surface area contributed by atoms with Gasteiger partial charge in [-0.2, -0.15) is 27.0 Å². The van der Waals surface area contributed by atoms with Gasteiger partial charge in [-0.25, -0.2) is 19.2 Å². The fraction of sp³-hybridized carbons (Fsp3) is 0.852. The maximum atomic E-state index is 11.7. The van der Waals surface area contributed by atoms with Gasteiger partial charge < -0.3 is 30.3 Å². The smallest absolute Gasteiger partial charge is 0.408 e. The van der Waals surface area contributed by atoms with Crippen molar-refractivity contribution in [1.29, 1.82) is 0 Å². The van der Waals surface area contributed by atoms with Gasteiger partial charge in [0.2, 0.25) is 0 Å². The summed E-state index contributed by atoms with van der Waals surface area (Å²) in [6.45, 7) is 10.5. The Morgan fingerprint density at radius 3 is 1.08 bits per heavy atom. The van der Waals surface area contributed by atoms with Crippen molar-refractivity contribution in [3.05, 3.63) is 0 Å². The molecule has 39 heavy (non-hydrogen) atoms. The SMILES string of the molecule is CC(C)(C)OC(=O)N[C@H](C(=O)O)C1CCCCC1.CC(C)(C)OC(=O)N[C@H](C(=O)O)C1CCCCCC1.S.S. The van der Waals surface area contributed by atoms with Crippen LogP contribution in [0.1, 0.15) is 112 Å². The highest BCUT2D eigenvalue weighted by Crippen LogP contribution is 2.27. The van der Waals surface area contributed by atoms with Crippen LogP contribution >= 0.6 is 27.0 Å². The highest BCUT2D eigenvalue weighted by molar-refractivity contribution is 7.59. The highest BCUT2D eigenvalue weighted by Gasteiger charge is 2.33. The summed E-state index contributed by atoms with van der Waals surface area (Å²) in [5, 5.41) is 23.5. The Morgan fingerprint density at radius 2 is 0.846 bits per heavy atom. The van der Waals surface area contributed by atoms with Gasteiger partial charge in [-0.3, -0.25) is 0 Å². The van der Waals surface area contributed by atoms with Gasteiger partial charge in [-0.15, -0.1) is 0 Å². The summed E-state index contributed by atoms with van der Waals surface area (Å²) in [4.78, 5) is 45.9. The molecule has 0 aliphatic heterocycles. The molecule has 2 aliphatic carbocycles. The third-order valence-electron chi connectivity index (χ3n) is 6.37. The second-order valence-electron chi connectivity index (χ2n) is 12.1. The molecule has 2 saturated carbocycles. The first kappa shape index (κ1) is 39.3. The average molecular weight is 597 g/mol. The number of carbonyl (C=O) groups excluding carboxylic acids is 2. The number of aliphatic carboxylic acids is 2. The number of carboxylic acid groups (broad SMARTS) is 2. The van der Waals surface area contributed by atoms with E-state index in [-0.39, 0.29) is 38.8 Å². The van der Waals surface area contributed by atoms with Gasteiger partial charge in [0.15, 0.2) is 0 Å². The monoisotopic (exact) mass is 596 g/mol. The average Bonchev–Trinajstić information content (AvgIpc) is 3.03. The van der Waals surface area contributed by atoms with Crippen molar-refractivity contribution in [3.63, 3.8) is 0 Å². The minimum absolute atomic E-state index is 0. The van der Waals surface area contributed by atoms with E-state index < -0.39 is 47.4 Å². The number of amides is 2. The molecule has 0 aromatic carbocycles. The van der Waals surface area contributed by atoms with E-state index in [0.717, 1.165) is 70.6 Å². The van der Waals surface area contributed by atoms with Gasteiger partial charge in [-0.1, -0.05) is 44.9 Å². The Hall–Kier alpha value is -1.82. The quantitative estimate of drug-likeness (QED) is 0.285. The molecule has 0 bridgehead atoms. The standard InChI is InChI=1S/C14H25NO4.C13H23NO4.2H2S/c1-14(2,3)19-13(18)15-11(12(16)17)10-8-6-4-5-7-9-10;1-13(2,3)18-12(17)14-10(11(15)16)9-7-5-4-6-8-9;;/h10-11H,4-9H2,1-3H3,(H,15,18)(H,16,17);9-10H,4-8H2,1-3H3,(H,14,17)(H,15,16);2*1H2/t11-;10-;;/m00../s1. The molecular weight excluding hydrogens is 544 g/mol. The van der Waals surface area contributed by atoms with Crippen LogP contribution < -0.4 is 10.6 Å². The maximum Gasteiger partial charge on any atom is 0.408 e. The summed E-state index contributed by atoms with van der Waals surface area (Å²) in [7, 11) is 0. The molecular formula is C27H52N2O8S2. The normalized spacial score (nSPS) is 18.2. The lowest BCUT2D eigenvalue weighted by molar-refractivity contribution is -0.142. The van der Waals surface area contributed by atoms with Gasteiger partial charge in [0.05, 0.1) is 0 Å². The van der Waals surface area contributed by atoms with E-state index in [0.29, 0.717) is 0 Å². The Balaban J connectivity index is 0. The van der Waals surface area contributed by atoms with E-state index in [1.165, 1.54) is 0 Å². The van der Waals surface area contributed by atoms with E-state index in [2.05, 4.69) is 10.6 Å². The highest BCUT2D eigenvalue weighted by atomic mass is 32.1. The molecule has 2 fully saturated rings. The summed E-state index contributed by atoms with van der Waals surface area (Å²) < 4.78 is 10.2. The number of rotatable bonds is 6. The van der Waals surface area contributed by atoms with Crippen LogP contribution in [-0.2, 0) is 19.1 Å². The van der Waals surface area contributed by atoms with Crippen LogP contribution in [0.5, 0.6) is 0 Å². The van der Waals surface area contributed by atoms with E-state index in [4.69, 9.17) is 9.47 Å². The maximum absolute atomic E-state index is 11.7. The second-order valence-corrected chi connectivity index (χ2v) is 12.1. The predicted octanol–water partition coefficient (Wildman–Crippen LogP) is 5.70. The molecule has 2 amide bonds. The molecule has 2 aliphatic rings. The zero-order valence-corrected chi connectivity index (χ0v) is 26.4. The Labute approximate surface area is 247 Å². The molecule has 0 radical (unpaired) electrons. The van der Waals surface area contributed by atoms with Crippen LogP contribution in [0, 0.1) is 11.8 Å². The van der Waals surface area contributed by atoms with Crippen LogP contribution in [0.3, 0.4) is 0 Å². The molecule has 0 aromatic rings. The van der Waals surface area contributed by atoms with Crippen molar-refractivity contribution in [2.24, 2.45) is 11.8 Å². The number of alkyl carbamates (subject to hydrolysis) is 2. The molecule has 230 valence electrons. The van der Waals surface area contributed by atoms with Crippen molar-refractivity contribution in [3.8, 4) is 0 Å². The van der Waals surface area contributed by atoms with E-state index in [1.807, 2.05) is 0 Å². The number of ether oxygens (including phenoxy) is 2. The lowest BCUT2D eigenvalue weighted by Gasteiger charge is -2.29. The van der Waals surface area contributed by atoms with Gasteiger partial charge in [0.25, 0.3) is 0 Å². The third-order valence-corrected chi connectivity index (χ3v) is 6.37. The predicted molar refractivity (Wildman–Crippen MR) is 160 cm³/mol. The first-order valence-electron chi connectivity index (χ1n) is 13.5. The van der Waals surface area contributed by atoms with Crippen molar-refractivity contribution in [2.45, 2.75) is 135 Å². The van der Waals surface area contributed by atoms with Crippen LogP contribution in [0.25, 0.3) is 0 Å². The van der Waals surface area contributed by atoms with Crippen molar-refractivity contribution in [2.75, 3.05) is 0 Å². The van der Waals surface area contributed by atoms with Crippen LogP contribution in [-0.4, -0.2) is 57.6 Å². The van der Waals surface area contributed by atoms with E-state index in [1.54, 1.807) is 41.5 Å². The number of nitrogens with one attached hydrogen (secondary N) is 2. The first-order valence-corrected chi connectivity index (χ1v) is 13.5. The lowest BCUT2D eigenvalue weighted by atomic mass is 9.84. The number of carboxylic acids is 2. The second kappa shape index (κ2) is 18.5. The Bertz CT molecular complexity index is 754. The van der Waals surface area contributed by atoms with Gasteiger partial charge in [-0.05, 0) is 79.1 Å². The summed E-state index contributed by atoms with van der Waals surface area (Å²) >= 11 is 0. The number of hydrogen-bond donors (Lipinski definition) is 4. The van der Waals surface area contributed by atoms with Gasteiger partial charge in [0.1, 0.15) is 23.3 Å². The van der Waals surface area contributed by atoms with Crippen LogP contribution in [0.15, 0.2) is 0 Å². The largest absolute Gasteiger partial charge is 0.480 e. The molecule has 10 nitrogen and oxygen atoms in total. The topological polar surface area (TPSA) is 151 Å². The Kier molecular flexibility index (Phi) is 18.7. The zero-order chi connectivity index (χ0) is 28.2. The fourth-order valence-corrected chi connectivity index (χ4v) is 4.74. The molecule has 0 heterocycles. The Morgan fingerprint density at radius 1 is 0.590 bits per heavy atom. The van der Waals surface area contributed by atoms with E-state index in [9.17, 15) is 29.4 Å². The summed E-state index contributed by atoms with van der Waals surface area (Å²) in [6, 6.07) is -1.67. The van der Waals surface area contributed by atoms with Gasteiger partial charge >= 0.3 is 24.1 Å². The van der Waals surface area contributed by atoms with Crippen LogP contribution in [0.4, 0.5) is 9.59 Å². The van der Waals surface area contributed by atoms with E-state index >= 15 is 0 Å². The van der Waals surface area contributed by atoms with Crippen molar-refractivity contribution < 1.29 is 38.9 Å². The summed E-state index contributed by atoms with van der Waals surface area (Å²) in [6.07, 6.45) is 9.69. The van der Waals surface area contributed by atoms with Crippen LogP contribution in [0.2, 0.25) is 0 Å². The molecule has 2 rings (SSSR count). The number of hydrogen-bond acceptors (Lipinski definition) is 6. The fourth-order valence-electron chi connectivity index (χ4n) is 4.74. The third kappa shape index (κ3) is 17.5. The van der Waals surface area contributed by atoms with Crippen molar-refractivity contribution in [1.82, 2.24) is 10.6 Å². The number of carbonyl (C=O) groups is 4. The first-order chi connectivity index (χ1) is 17.1. The molecule has 0 unspecified atom stereocenters. The minimum Gasteiger partial charge on any atom is -0.480 e. The van der Waals surface area contributed by atoms with Gasteiger partial charge in [0, 0.05) is 0 Å². The molecule has 4 N–H and O–H groups in total. The lowest BCUT2D eigenvalue weighted by Crippen LogP contribution is -2.48. The molecule has 0 saturated heterocycles. The molecule has 12 heteroatoms.